The third kappa shape index (κ3) is 2.21. The van der Waals surface area contributed by atoms with Gasteiger partial charge in [-0.1, -0.05) is 18.2 Å². The van der Waals surface area contributed by atoms with Gasteiger partial charge in [0.2, 0.25) is 0 Å². The maximum absolute atomic E-state index is 9.12. The zero-order valence-electron chi connectivity index (χ0n) is 7.28. The number of hydrogen-bond acceptors (Lipinski definition) is 2. The zero-order valence-corrected chi connectivity index (χ0v) is 9.44. The summed E-state index contributed by atoms with van der Waals surface area (Å²) in [5.41, 5.74) is 1.36. The molecule has 0 atom stereocenters. The van der Waals surface area contributed by atoms with E-state index in [0.29, 0.717) is 0 Å². The first-order valence-electron chi connectivity index (χ1n) is 4.39. The number of β-amino-alcohol motifs (C(OH)–C–C–N with tert-alkyl or cyclic N) is 1. The highest BCUT2D eigenvalue weighted by Gasteiger charge is 2.24. The first kappa shape index (κ1) is 9.43. The van der Waals surface area contributed by atoms with Gasteiger partial charge in [0.15, 0.2) is 0 Å². The van der Waals surface area contributed by atoms with Crippen molar-refractivity contribution in [3.63, 3.8) is 0 Å². The van der Waals surface area contributed by atoms with Gasteiger partial charge in [-0.15, -0.1) is 0 Å². The Morgan fingerprint density at radius 3 is 2.69 bits per heavy atom. The van der Waals surface area contributed by atoms with Gasteiger partial charge in [0.05, 0.1) is 6.10 Å². The highest BCUT2D eigenvalue weighted by molar-refractivity contribution is 14.1. The van der Waals surface area contributed by atoms with Crippen molar-refractivity contribution in [3.8, 4) is 0 Å². The van der Waals surface area contributed by atoms with Gasteiger partial charge in [-0.25, -0.2) is 0 Å². The first-order valence-corrected chi connectivity index (χ1v) is 5.47. The molecule has 3 heteroatoms. The molecule has 70 valence electrons. The van der Waals surface area contributed by atoms with Gasteiger partial charge in [-0.05, 0) is 34.2 Å². The van der Waals surface area contributed by atoms with E-state index >= 15 is 0 Å². The number of likely N-dealkylation sites (tertiary alicyclic amines) is 1. The Morgan fingerprint density at radius 2 is 2.08 bits per heavy atom. The smallest absolute Gasteiger partial charge is 0.0794 e. The van der Waals surface area contributed by atoms with E-state index in [1.165, 1.54) is 9.13 Å². The highest BCUT2D eigenvalue weighted by Crippen LogP contribution is 2.17. The Bertz CT molecular complexity index is 297. The molecule has 1 aromatic carbocycles. The van der Waals surface area contributed by atoms with Crippen LogP contribution >= 0.6 is 22.6 Å². The molecule has 1 fully saturated rings. The van der Waals surface area contributed by atoms with Crippen LogP contribution in [0.5, 0.6) is 0 Å². The lowest BCUT2D eigenvalue weighted by Crippen LogP contribution is -2.49. The monoisotopic (exact) mass is 289 g/mol. The van der Waals surface area contributed by atoms with Crippen LogP contribution in [0.15, 0.2) is 24.3 Å². The van der Waals surface area contributed by atoms with E-state index in [-0.39, 0.29) is 6.10 Å². The van der Waals surface area contributed by atoms with Crippen molar-refractivity contribution in [1.82, 2.24) is 4.90 Å². The number of aliphatic hydroxyl groups is 1. The number of aliphatic hydroxyl groups excluding tert-OH is 1. The Hall–Kier alpha value is -0.130. The van der Waals surface area contributed by atoms with Crippen LogP contribution in [0.25, 0.3) is 0 Å². The molecule has 0 amide bonds. The fraction of sp³-hybridized carbons (Fsp3) is 0.400. The summed E-state index contributed by atoms with van der Waals surface area (Å²) in [6.45, 7) is 2.62. The molecule has 1 aromatic rings. The molecule has 0 saturated carbocycles. The second kappa shape index (κ2) is 3.94. The molecular weight excluding hydrogens is 277 g/mol. The quantitative estimate of drug-likeness (QED) is 0.833. The lowest BCUT2D eigenvalue weighted by atomic mass is 10.1. The fourth-order valence-corrected chi connectivity index (χ4v) is 2.10. The van der Waals surface area contributed by atoms with Crippen molar-refractivity contribution in [2.45, 2.75) is 12.6 Å². The standard InChI is InChI=1S/C10H12INO/c11-10-4-2-1-3-8(10)5-12-6-9(13)7-12/h1-4,9,13H,5-7H2. The zero-order chi connectivity index (χ0) is 9.26. The first-order chi connectivity index (χ1) is 6.25. The summed E-state index contributed by atoms with van der Waals surface area (Å²) in [5.74, 6) is 0. The second-order valence-corrected chi connectivity index (χ2v) is 4.60. The van der Waals surface area contributed by atoms with Crippen molar-refractivity contribution in [3.05, 3.63) is 33.4 Å². The van der Waals surface area contributed by atoms with E-state index in [9.17, 15) is 0 Å². The summed E-state index contributed by atoms with van der Waals surface area (Å²) >= 11 is 2.35. The van der Waals surface area contributed by atoms with E-state index in [0.717, 1.165) is 19.6 Å². The topological polar surface area (TPSA) is 23.5 Å². The van der Waals surface area contributed by atoms with Gasteiger partial charge in [-0.3, -0.25) is 4.90 Å². The molecule has 0 unspecified atom stereocenters. The van der Waals surface area contributed by atoms with Crippen LogP contribution in [0.1, 0.15) is 5.56 Å². The van der Waals surface area contributed by atoms with E-state index in [4.69, 9.17) is 5.11 Å². The van der Waals surface area contributed by atoms with E-state index in [1.54, 1.807) is 0 Å². The van der Waals surface area contributed by atoms with Crippen LogP contribution in [0.2, 0.25) is 0 Å². The SMILES string of the molecule is OC1CN(Cc2ccccc2I)C1. The Balaban J connectivity index is 1.98. The van der Waals surface area contributed by atoms with E-state index in [2.05, 4.69) is 51.8 Å². The number of rotatable bonds is 2. The average Bonchev–Trinajstić information content (AvgIpc) is 2.06. The van der Waals surface area contributed by atoms with Crippen LogP contribution < -0.4 is 0 Å². The van der Waals surface area contributed by atoms with Gasteiger partial charge in [0.25, 0.3) is 0 Å². The predicted octanol–water partition coefficient (Wildman–Crippen LogP) is 1.47. The minimum Gasteiger partial charge on any atom is -0.390 e. The summed E-state index contributed by atoms with van der Waals surface area (Å²) in [7, 11) is 0. The molecule has 0 aliphatic carbocycles. The molecule has 1 aliphatic heterocycles. The molecule has 2 nitrogen and oxygen atoms in total. The Labute approximate surface area is 91.7 Å². The lowest BCUT2D eigenvalue weighted by Gasteiger charge is -2.35. The maximum atomic E-state index is 9.12. The molecule has 1 heterocycles. The van der Waals surface area contributed by atoms with E-state index in [1.807, 2.05) is 0 Å². The predicted molar refractivity (Wildman–Crippen MR) is 60.4 cm³/mol. The summed E-state index contributed by atoms with van der Waals surface area (Å²) in [6, 6.07) is 8.38. The van der Waals surface area contributed by atoms with Crippen LogP contribution in [-0.4, -0.2) is 29.2 Å². The summed E-state index contributed by atoms with van der Waals surface area (Å²) in [5, 5.41) is 9.12. The molecule has 0 spiro atoms. The largest absolute Gasteiger partial charge is 0.390 e. The van der Waals surface area contributed by atoms with Crippen molar-refractivity contribution in [1.29, 1.82) is 0 Å². The van der Waals surface area contributed by atoms with Gasteiger partial charge in [0, 0.05) is 23.2 Å². The number of benzene rings is 1. The molecular formula is C10H12INO. The number of nitrogens with zero attached hydrogens (tertiary/aromatic N) is 1. The van der Waals surface area contributed by atoms with Crippen LogP contribution in [0.3, 0.4) is 0 Å². The normalized spacial score (nSPS) is 18.6. The maximum Gasteiger partial charge on any atom is 0.0794 e. The lowest BCUT2D eigenvalue weighted by molar-refractivity contribution is -0.00299. The molecule has 0 bridgehead atoms. The van der Waals surface area contributed by atoms with Crippen molar-refractivity contribution >= 4 is 22.6 Å². The minimum atomic E-state index is -0.0960. The average molecular weight is 289 g/mol. The molecule has 1 saturated heterocycles. The second-order valence-electron chi connectivity index (χ2n) is 3.44. The van der Waals surface area contributed by atoms with Gasteiger partial charge < -0.3 is 5.11 Å². The van der Waals surface area contributed by atoms with Gasteiger partial charge >= 0.3 is 0 Å². The molecule has 0 radical (unpaired) electrons. The molecule has 0 aromatic heterocycles. The van der Waals surface area contributed by atoms with Crippen LogP contribution in [-0.2, 0) is 6.54 Å². The van der Waals surface area contributed by atoms with Crippen molar-refractivity contribution in [2.24, 2.45) is 0 Å². The Morgan fingerprint density at radius 1 is 1.38 bits per heavy atom. The highest BCUT2D eigenvalue weighted by atomic mass is 127. The molecule has 13 heavy (non-hydrogen) atoms. The van der Waals surface area contributed by atoms with Gasteiger partial charge in [-0.2, -0.15) is 0 Å². The number of halogens is 1. The van der Waals surface area contributed by atoms with Crippen molar-refractivity contribution in [2.75, 3.05) is 13.1 Å². The fourth-order valence-electron chi connectivity index (χ4n) is 1.54. The van der Waals surface area contributed by atoms with Crippen LogP contribution in [0.4, 0.5) is 0 Å². The Kier molecular flexibility index (Phi) is 2.86. The molecule has 1 N–H and O–H groups in total. The molecule has 2 rings (SSSR count). The minimum absolute atomic E-state index is 0.0960. The van der Waals surface area contributed by atoms with Gasteiger partial charge in [0.1, 0.15) is 0 Å². The summed E-state index contributed by atoms with van der Waals surface area (Å²) in [4.78, 5) is 2.25. The number of hydrogen-bond donors (Lipinski definition) is 1. The van der Waals surface area contributed by atoms with E-state index < -0.39 is 0 Å². The summed E-state index contributed by atoms with van der Waals surface area (Å²) < 4.78 is 1.31. The van der Waals surface area contributed by atoms with Crippen molar-refractivity contribution < 1.29 is 5.11 Å². The third-order valence-electron chi connectivity index (χ3n) is 2.29. The summed E-state index contributed by atoms with van der Waals surface area (Å²) in [6.07, 6.45) is -0.0960. The van der Waals surface area contributed by atoms with Crippen LogP contribution in [0, 0.1) is 3.57 Å². The third-order valence-corrected chi connectivity index (χ3v) is 3.34. The molecule has 1 aliphatic rings.